The first-order valence-electron chi connectivity index (χ1n) is 5.36. The lowest BCUT2D eigenvalue weighted by Crippen LogP contribution is -2.22. The molecule has 0 aromatic rings. The molecule has 2 atom stereocenters. The van der Waals surface area contributed by atoms with Crippen molar-refractivity contribution in [2.24, 2.45) is 11.8 Å². The van der Waals surface area contributed by atoms with Gasteiger partial charge in [-0.2, -0.15) is 0 Å². The summed E-state index contributed by atoms with van der Waals surface area (Å²) in [6, 6.07) is 0. The molecule has 0 spiro atoms. The molecule has 0 aromatic carbocycles. The van der Waals surface area contributed by atoms with Crippen LogP contribution in [0.2, 0.25) is 0 Å². The summed E-state index contributed by atoms with van der Waals surface area (Å²) in [6.07, 6.45) is 17.1. The molecule has 0 heterocycles. The molecule has 0 aromatic heterocycles. The van der Waals surface area contributed by atoms with Crippen LogP contribution in [0.15, 0.2) is 35.5 Å². The van der Waals surface area contributed by atoms with Crippen LogP contribution in [-0.4, -0.2) is 0 Å². The maximum Gasteiger partial charge on any atom is 0.00926 e. The van der Waals surface area contributed by atoms with Gasteiger partial charge in [0.1, 0.15) is 0 Å². The molecule has 3 rings (SSSR count). The molecule has 0 aliphatic heterocycles. The first kappa shape index (κ1) is 7.61. The molecule has 3 aliphatic rings. The zero-order valence-electron chi connectivity index (χ0n) is 7.87. The van der Waals surface area contributed by atoms with Crippen LogP contribution in [0.3, 0.4) is 0 Å². The third kappa shape index (κ3) is 1.12. The van der Waals surface area contributed by atoms with Crippen LogP contribution in [0.4, 0.5) is 0 Å². The lowest BCUT2D eigenvalue weighted by atomic mass is 9.71. The lowest BCUT2D eigenvalue weighted by molar-refractivity contribution is 0.353. The van der Waals surface area contributed by atoms with E-state index in [9.17, 15) is 0 Å². The SMILES string of the molecule is [CH]1C=CC2=C1C1C=CCCC1CC2. The lowest BCUT2D eigenvalue weighted by Gasteiger charge is -2.33. The van der Waals surface area contributed by atoms with Gasteiger partial charge in [-0.1, -0.05) is 29.9 Å². The highest BCUT2D eigenvalue weighted by molar-refractivity contribution is 5.46. The summed E-state index contributed by atoms with van der Waals surface area (Å²) in [5, 5.41) is 0. The van der Waals surface area contributed by atoms with Crippen LogP contribution in [-0.2, 0) is 0 Å². The summed E-state index contributed by atoms with van der Waals surface area (Å²) in [6.45, 7) is 0. The maximum atomic E-state index is 2.44. The summed E-state index contributed by atoms with van der Waals surface area (Å²) in [5.41, 5.74) is 3.22. The normalized spacial score (nSPS) is 36.3. The minimum absolute atomic E-state index is 0.757. The van der Waals surface area contributed by atoms with Gasteiger partial charge in [0.05, 0.1) is 0 Å². The Morgan fingerprint density at radius 2 is 2.23 bits per heavy atom. The standard InChI is InChI=1S/C13H15/c1-2-6-12-10(4-1)8-9-11-5-3-7-13(11)12/h2-3,5-7,10,12H,1,4,8-9H2. The largest absolute Gasteiger partial charge is 0.0879 e. The molecule has 0 amide bonds. The van der Waals surface area contributed by atoms with Crippen LogP contribution in [0, 0.1) is 18.3 Å². The molecule has 3 aliphatic carbocycles. The molecule has 13 heavy (non-hydrogen) atoms. The maximum absolute atomic E-state index is 2.44. The molecule has 0 fully saturated rings. The van der Waals surface area contributed by atoms with Gasteiger partial charge in [-0.15, -0.1) is 0 Å². The Kier molecular flexibility index (Phi) is 1.68. The van der Waals surface area contributed by atoms with Crippen LogP contribution < -0.4 is 0 Å². The van der Waals surface area contributed by atoms with Gasteiger partial charge in [-0.3, -0.25) is 0 Å². The molecule has 1 radical (unpaired) electrons. The van der Waals surface area contributed by atoms with Gasteiger partial charge >= 0.3 is 0 Å². The molecule has 0 saturated heterocycles. The third-order valence-electron chi connectivity index (χ3n) is 3.64. The Labute approximate surface area is 80.0 Å². The Morgan fingerprint density at radius 1 is 1.23 bits per heavy atom. The number of rotatable bonds is 0. The van der Waals surface area contributed by atoms with Crippen LogP contribution in [0.1, 0.15) is 25.7 Å². The Bertz CT molecular complexity index is 304. The minimum Gasteiger partial charge on any atom is -0.0879 e. The summed E-state index contributed by atoms with van der Waals surface area (Å²) in [5.74, 6) is 1.70. The molecule has 0 bridgehead atoms. The second kappa shape index (κ2) is 2.87. The number of hydrogen-bond donors (Lipinski definition) is 0. The van der Waals surface area contributed by atoms with Gasteiger partial charge in [-0.25, -0.2) is 0 Å². The molecule has 67 valence electrons. The van der Waals surface area contributed by atoms with E-state index < -0.39 is 0 Å². The van der Waals surface area contributed by atoms with E-state index in [2.05, 4.69) is 30.7 Å². The summed E-state index contributed by atoms with van der Waals surface area (Å²) >= 11 is 0. The smallest absolute Gasteiger partial charge is 0.00926 e. The quantitative estimate of drug-likeness (QED) is 0.490. The number of fused-ring (bicyclic) bond motifs is 2. The predicted octanol–water partition coefficient (Wildman–Crippen LogP) is 3.43. The van der Waals surface area contributed by atoms with Gasteiger partial charge in [0.15, 0.2) is 0 Å². The fraction of sp³-hybridized carbons (Fsp3) is 0.462. The number of allylic oxidation sites excluding steroid dienone is 6. The number of hydrogen-bond acceptors (Lipinski definition) is 0. The topological polar surface area (TPSA) is 0 Å². The average molecular weight is 171 g/mol. The van der Waals surface area contributed by atoms with Gasteiger partial charge in [0.2, 0.25) is 0 Å². The highest BCUT2D eigenvalue weighted by atomic mass is 14.4. The average Bonchev–Trinajstić information content (AvgIpc) is 2.65. The van der Waals surface area contributed by atoms with Crippen LogP contribution >= 0.6 is 0 Å². The highest BCUT2D eigenvalue weighted by Crippen LogP contribution is 2.44. The zero-order valence-corrected chi connectivity index (χ0v) is 7.87. The highest BCUT2D eigenvalue weighted by Gasteiger charge is 2.31. The van der Waals surface area contributed by atoms with E-state index in [0.29, 0.717) is 0 Å². The van der Waals surface area contributed by atoms with E-state index in [1.54, 1.807) is 11.1 Å². The fourth-order valence-corrected chi connectivity index (χ4v) is 2.94. The first-order valence-corrected chi connectivity index (χ1v) is 5.36. The van der Waals surface area contributed by atoms with E-state index in [-0.39, 0.29) is 0 Å². The zero-order chi connectivity index (χ0) is 8.67. The monoisotopic (exact) mass is 171 g/mol. The molecule has 2 unspecified atom stereocenters. The molecular formula is C13H15. The minimum atomic E-state index is 0.757. The van der Waals surface area contributed by atoms with E-state index in [0.717, 1.165) is 11.8 Å². The van der Waals surface area contributed by atoms with E-state index >= 15 is 0 Å². The van der Waals surface area contributed by atoms with Crippen molar-refractivity contribution in [3.8, 4) is 0 Å². The molecule has 0 heteroatoms. The van der Waals surface area contributed by atoms with Crippen molar-refractivity contribution in [3.05, 3.63) is 41.9 Å². The fourth-order valence-electron chi connectivity index (χ4n) is 2.94. The van der Waals surface area contributed by atoms with Crippen molar-refractivity contribution in [1.29, 1.82) is 0 Å². The summed E-state index contributed by atoms with van der Waals surface area (Å²) < 4.78 is 0. The van der Waals surface area contributed by atoms with Crippen LogP contribution in [0.25, 0.3) is 0 Å². The Balaban J connectivity index is 1.98. The Morgan fingerprint density at radius 3 is 3.23 bits per heavy atom. The van der Waals surface area contributed by atoms with E-state index in [4.69, 9.17) is 0 Å². The summed E-state index contributed by atoms with van der Waals surface area (Å²) in [4.78, 5) is 0. The molecular weight excluding hydrogens is 156 g/mol. The van der Waals surface area contributed by atoms with Crippen molar-refractivity contribution in [1.82, 2.24) is 0 Å². The molecule has 0 saturated carbocycles. The van der Waals surface area contributed by atoms with Crippen molar-refractivity contribution < 1.29 is 0 Å². The summed E-state index contributed by atoms with van der Waals surface area (Å²) in [7, 11) is 0. The van der Waals surface area contributed by atoms with Gasteiger partial charge in [-0.05, 0) is 37.2 Å². The van der Waals surface area contributed by atoms with Gasteiger partial charge in [0, 0.05) is 12.3 Å². The third-order valence-corrected chi connectivity index (χ3v) is 3.64. The molecule has 0 N–H and O–H groups in total. The second-order valence-corrected chi connectivity index (χ2v) is 4.34. The molecule has 0 nitrogen and oxygen atoms in total. The second-order valence-electron chi connectivity index (χ2n) is 4.34. The first-order chi connectivity index (χ1) is 6.45. The van der Waals surface area contributed by atoms with E-state index in [1.165, 1.54) is 25.7 Å². The van der Waals surface area contributed by atoms with Crippen molar-refractivity contribution in [2.45, 2.75) is 25.7 Å². The van der Waals surface area contributed by atoms with Crippen molar-refractivity contribution >= 4 is 0 Å². The van der Waals surface area contributed by atoms with E-state index in [1.807, 2.05) is 0 Å². The van der Waals surface area contributed by atoms with Crippen molar-refractivity contribution in [3.63, 3.8) is 0 Å². The predicted molar refractivity (Wildman–Crippen MR) is 55.1 cm³/mol. The van der Waals surface area contributed by atoms with Crippen molar-refractivity contribution in [2.75, 3.05) is 0 Å². The van der Waals surface area contributed by atoms with Crippen LogP contribution in [0.5, 0.6) is 0 Å². The van der Waals surface area contributed by atoms with Gasteiger partial charge < -0.3 is 0 Å². The van der Waals surface area contributed by atoms with Gasteiger partial charge in [0.25, 0.3) is 0 Å². The Hall–Kier alpha value is -0.780.